The van der Waals surface area contributed by atoms with E-state index in [1.165, 1.54) is 12.1 Å². The summed E-state index contributed by atoms with van der Waals surface area (Å²) in [7, 11) is 0. The summed E-state index contributed by atoms with van der Waals surface area (Å²) in [5, 5.41) is 33.3. The first-order valence-electron chi connectivity index (χ1n) is 21.8. The second kappa shape index (κ2) is 26.8. The highest BCUT2D eigenvalue weighted by Gasteiger charge is 2.26. The van der Waals surface area contributed by atoms with E-state index in [2.05, 4.69) is 31.3 Å². The van der Waals surface area contributed by atoms with Gasteiger partial charge in [-0.3, -0.25) is 34.0 Å². The molecule has 0 aliphatic carbocycles. The molecule has 21 nitrogen and oxygen atoms in total. The second-order valence-corrected chi connectivity index (χ2v) is 15.9. The Kier molecular flexibility index (Phi) is 21.7. The average molecular weight is 922 g/mol. The molecule has 1 heterocycles. The maximum Gasteiger partial charge on any atom is 0.258 e. The topological polar surface area (TPSA) is 360 Å². The van der Waals surface area contributed by atoms with Crippen LogP contribution in [0.3, 0.4) is 0 Å². The number of hydrogen-bond acceptors (Lipinski definition) is 13. The molecule has 0 saturated carbocycles. The minimum absolute atomic E-state index is 0.00200. The fourth-order valence-corrected chi connectivity index (χ4v) is 6.72. The quantitative estimate of drug-likeness (QED) is 0.0164. The number of carbonyl (C=O) groups is 4. The van der Waals surface area contributed by atoms with Gasteiger partial charge in [-0.1, -0.05) is 30.2 Å². The van der Waals surface area contributed by atoms with Crippen molar-refractivity contribution in [3.8, 4) is 17.2 Å². The van der Waals surface area contributed by atoms with Crippen LogP contribution in [0, 0.1) is 0 Å². The van der Waals surface area contributed by atoms with Crippen molar-refractivity contribution in [3.05, 3.63) is 62.3 Å². The number of aliphatic hydroxyl groups is 1. The number of rotatable bonds is 27. The van der Waals surface area contributed by atoms with Gasteiger partial charge in [0.05, 0.1) is 12.0 Å². The number of aliphatic imine (C=N–C) groups is 2. The number of allylic oxidation sites excluding steroid dienone is 4. The van der Waals surface area contributed by atoms with Crippen LogP contribution in [-0.2, 0) is 38.6 Å². The molecule has 1 aromatic heterocycles. The van der Waals surface area contributed by atoms with Crippen molar-refractivity contribution in [1.29, 1.82) is 0 Å². The number of aliphatic hydroxyl groups excluding tert-OH is 1. The molecule has 66 heavy (non-hydrogen) atoms. The van der Waals surface area contributed by atoms with Crippen LogP contribution in [0.1, 0.15) is 83.4 Å². The molecule has 2 unspecified atom stereocenters. The normalized spacial score (nSPS) is 11.7. The van der Waals surface area contributed by atoms with E-state index in [-0.39, 0.29) is 114 Å². The zero-order valence-electron chi connectivity index (χ0n) is 38.5. The number of nitrogens with two attached hydrogens (primary N) is 5. The molecule has 0 radical (unpaired) electrons. The van der Waals surface area contributed by atoms with Gasteiger partial charge in [0.1, 0.15) is 45.9 Å². The number of guanidine groups is 2. The number of carbonyl (C=O) groups excluding carboxylic acids is 4. The summed E-state index contributed by atoms with van der Waals surface area (Å²) in [6.45, 7) is 8.80. The molecule has 3 rings (SSSR count). The first-order valence-corrected chi connectivity index (χ1v) is 21.8. The molecule has 4 amide bonds. The van der Waals surface area contributed by atoms with E-state index in [1.54, 1.807) is 0 Å². The number of nitrogens with zero attached hydrogens (tertiary/aromatic N) is 2. The third-order valence-electron chi connectivity index (χ3n) is 9.97. The predicted octanol–water partition coefficient (Wildman–Crippen LogP) is 0.597. The standard InChI is InChI=1S/C45H67N11O10/c1-6-16-51-42(62)30(9-7-17-53-44(47)48)55-36(58)23-64-32-20-35-39(40(60)28(32)14-12-26(4)5)41(61)38-27(13-11-25(2)3)29(22-57)33(21-34(38)66-35)65-24-37(59)56-31(43(63)52-19-15-46)10-8-18-54-45(49)50/h11-12,20-21,30-31,57,60H,6-10,13-19,22-24,46H2,1-5H3,(H,51,62)(H,52,63)(H,55,58)(H,56,59)(H4,47,48,53)(H4,49,50,54). The number of phenolic OH excluding ortho intramolecular Hbond substituents is 1. The van der Waals surface area contributed by atoms with E-state index in [1.807, 2.05) is 46.8 Å². The molecular weight excluding hydrogens is 855 g/mol. The highest BCUT2D eigenvalue weighted by atomic mass is 16.5. The second-order valence-electron chi connectivity index (χ2n) is 15.9. The first-order chi connectivity index (χ1) is 31.4. The first kappa shape index (κ1) is 53.5. The van der Waals surface area contributed by atoms with Gasteiger partial charge in [0.15, 0.2) is 25.1 Å². The summed E-state index contributed by atoms with van der Waals surface area (Å²) < 4.78 is 18.3. The van der Waals surface area contributed by atoms with Gasteiger partial charge in [-0.2, -0.15) is 0 Å². The number of amides is 4. The zero-order chi connectivity index (χ0) is 48.9. The Bertz CT molecular complexity index is 2360. The zero-order valence-corrected chi connectivity index (χ0v) is 38.5. The molecule has 0 fully saturated rings. The van der Waals surface area contributed by atoms with Crippen LogP contribution in [0.5, 0.6) is 17.2 Å². The molecule has 21 heteroatoms. The molecule has 0 saturated heterocycles. The maximum absolute atomic E-state index is 14.6. The van der Waals surface area contributed by atoms with Crippen LogP contribution in [0.15, 0.2) is 54.6 Å². The number of ether oxygens (including phenoxy) is 2. The van der Waals surface area contributed by atoms with E-state index in [9.17, 15) is 34.2 Å². The van der Waals surface area contributed by atoms with Crippen LogP contribution < -0.4 is 64.8 Å². The summed E-state index contributed by atoms with van der Waals surface area (Å²) in [6, 6.07) is 0.863. The van der Waals surface area contributed by atoms with Gasteiger partial charge >= 0.3 is 0 Å². The number of benzene rings is 2. The molecule has 16 N–H and O–H groups in total. The number of fused-ring (bicyclic) bond motifs is 2. The van der Waals surface area contributed by atoms with Crippen molar-refractivity contribution in [2.24, 2.45) is 38.7 Å². The van der Waals surface area contributed by atoms with Gasteiger partial charge in [0.25, 0.3) is 11.8 Å². The third-order valence-corrected chi connectivity index (χ3v) is 9.97. The molecule has 0 spiro atoms. The molecule has 362 valence electrons. The highest BCUT2D eigenvalue weighted by Crippen LogP contribution is 2.39. The van der Waals surface area contributed by atoms with Gasteiger partial charge in [-0.25, -0.2) is 0 Å². The van der Waals surface area contributed by atoms with Crippen molar-refractivity contribution < 1.29 is 43.3 Å². The summed E-state index contributed by atoms with van der Waals surface area (Å²) in [6.07, 6.45) is 5.78. The van der Waals surface area contributed by atoms with Crippen molar-refractivity contribution >= 4 is 57.5 Å². The van der Waals surface area contributed by atoms with Crippen LogP contribution >= 0.6 is 0 Å². The third kappa shape index (κ3) is 16.3. The lowest BCUT2D eigenvalue weighted by Gasteiger charge is -2.20. The Labute approximate surface area is 383 Å². The summed E-state index contributed by atoms with van der Waals surface area (Å²) in [4.78, 5) is 75.0. The van der Waals surface area contributed by atoms with Gasteiger partial charge < -0.3 is 74.0 Å². The van der Waals surface area contributed by atoms with E-state index in [0.717, 1.165) is 11.1 Å². The monoisotopic (exact) mass is 922 g/mol. The summed E-state index contributed by atoms with van der Waals surface area (Å²) >= 11 is 0. The Morgan fingerprint density at radius 2 is 1.21 bits per heavy atom. The van der Waals surface area contributed by atoms with Gasteiger partial charge in [0.2, 0.25) is 17.2 Å². The van der Waals surface area contributed by atoms with Crippen LogP contribution in [-0.4, -0.2) is 104 Å². The Balaban J connectivity index is 2.10. The Morgan fingerprint density at radius 3 is 1.67 bits per heavy atom. The van der Waals surface area contributed by atoms with E-state index < -0.39 is 60.8 Å². The van der Waals surface area contributed by atoms with Crippen molar-refractivity contribution in [2.75, 3.05) is 45.9 Å². The molecule has 2 atom stereocenters. The van der Waals surface area contributed by atoms with E-state index in [0.29, 0.717) is 31.4 Å². The lowest BCUT2D eigenvalue weighted by molar-refractivity contribution is -0.130. The van der Waals surface area contributed by atoms with Crippen molar-refractivity contribution in [3.63, 3.8) is 0 Å². The average Bonchev–Trinajstić information content (AvgIpc) is 3.26. The molecule has 2 aromatic carbocycles. The maximum atomic E-state index is 14.6. The number of nitrogens with one attached hydrogen (secondary N) is 4. The molecule has 3 aromatic rings. The number of hydrogen-bond donors (Lipinski definition) is 11. The smallest absolute Gasteiger partial charge is 0.258 e. The minimum Gasteiger partial charge on any atom is -0.507 e. The molecular formula is C45H67N11O10. The fraction of sp³-hybridized carbons (Fsp3) is 0.489. The largest absolute Gasteiger partial charge is 0.507 e. The van der Waals surface area contributed by atoms with Crippen LogP contribution in [0.2, 0.25) is 0 Å². The van der Waals surface area contributed by atoms with Crippen molar-refractivity contribution in [1.82, 2.24) is 21.3 Å². The minimum atomic E-state index is -0.973. The van der Waals surface area contributed by atoms with Gasteiger partial charge in [-0.05, 0) is 78.2 Å². The van der Waals surface area contributed by atoms with Crippen LogP contribution in [0.25, 0.3) is 21.9 Å². The van der Waals surface area contributed by atoms with Gasteiger partial charge in [0, 0.05) is 56.0 Å². The van der Waals surface area contributed by atoms with Crippen molar-refractivity contribution in [2.45, 2.75) is 98.3 Å². The molecule has 0 aliphatic heterocycles. The van der Waals surface area contributed by atoms with Gasteiger partial charge in [-0.15, -0.1) is 0 Å². The van der Waals surface area contributed by atoms with E-state index in [4.69, 9.17) is 42.6 Å². The molecule has 0 bridgehead atoms. The summed E-state index contributed by atoms with van der Waals surface area (Å²) in [5.74, 6) is -2.76. The highest BCUT2D eigenvalue weighted by molar-refractivity contribution is 5.98. The Hall–Kier alpha value is -6.87. The molecule has 0 aliphatic rings. The number of phenols is 1. The number of aromatic hydroxyl groups is 1. The SMILES string of the molecule is CCCNC(=O)C(CCCN=C(N)N)NC(=O)COc1cc2oc3cc(OCC(=O)NC(CCCN=C(N)N)C(=O)NCCN)c(CO)c(CC=C(C)C)c3c(=O)c2c(O)c1CC=C(C)C. The van der Waals surface area contributed by atoms with E-state index >= 15 is 0 Å². The summed E-state index contributed by atoms with van der Waals surface area (Å²) in [5.41, 5.74) is 29.1. The lowest BCUT2D eigenvalue weighted by Crippen LogP contribution is -2.49. The Morgan fingerprint density at radius 1 is 0.742 bits per heavy atom. The van der Waals surface area contributed by atoms with Crippen LogP contribution in [0.4, 0.5) is 0 Å². The predicted molar refractivity (Wildman–Crippen MR) is 254 cm³/mol. The lowest BCUT2D eigenvalue weighted by atomic mass is 9.95. The fourth-order valence-electron chi connectivity index (χ4n) is 6.72.